The summed E-state index contributed by atoms with van der Waals surface area (Å²) in [6.45, 7) is 2.14. The molecule has 0 unspecified atom stereocenters. The normalized spacial score (nSPS) is 21.2. The van der Waals surface area contributed by atoms with Crippen molar-refractivity contribution in [3.63, 3.8) is 0 Å². The van der Waals surface area contributed by atoms with Gasteiger partial charge in [-0.2, -0.15) is 13.8 Å². The maximum atomic E-state index is 15.0. The molecule has 10 heteroatoms. The minimum atomic E-state index is -1.11. The van der Waals surface area contributed by atoms with E-state index in [9.17, 15) is 4.39 Å². The molecule has 1 saturated heterocycles. The summed E-state index contributed by atoms with van der Waals surface area (Å²) in [6, 6.07) is 10.2. The molecule has 1 fully saturated rings. The number of amidine groups is 1. The van der Waals surface area contributed by atoms with Gasteiger partial charge in [-0.1, -0.05) is 6.07 Å². The van der Waals surface area contributed by atoms with Crippen LogP contribution in [0.25, 0.3) is 11.1 Å². The zero-order valence-electron chi connectivity index (χ0n) is 17.4. The van der Waals surface area contributed by atoms with Crippen molar-refractivity contribution in [3.8, 4) is 22.8 Å². The molecule has 0 radical (unpaired) electrons. The summed E-state index contributed by atoms with van der Waals surface area (Å²) in [7, 11) is 0. The maximum absolute atomic E-state index is 15.0. The molecule has 33 heavy (non-hydrogen) atoms. The number of pyridine rings is 2. The van der Waals surface area contributed by atoms with Gasteiger partial charge in [0.05, 0.1) is 24.5 Å². The Bertz CT molecular complexity index is 1300. The van der Waals surface area contributed by atoms with E-state index in [1.165, 1.54) is 6.20 Å². The third-order valence-corrected chi connectivity index (χ3v) is 6.15. The number of nitrogens with zero attached hydrogens (tertiary/aromatic N) is 4. The van der Waals surface area contributed by atoms with Crippen molar-refractivity contribution in [2.45, 2.75) is 5.54 Å². The molecule has 168 valence electrons. The first-order chi connectivity index (χ1) is 16.0. The molecule has 3 aliphatic rings. The van der Waals surface area contributed by atoms with E-state index in [1.807, 2.05) is 4.90 Å². The second-order valence-electron chi connectivity index (χ2n) is 8.00. The molecule has 2 N–H and O–H groups in total. The van der Waals surface area contributed by atoms with Crippen LogP contribution >= 0.6 is 0 Å². The molecular weight excluding hydrogens is 432 g/mol. The molecule has 1 atom stereocenters. The van der Waals surface area contributed by atoms with Crippen LogP contribution in [0.1, 0.15) is 11.1 Å². The zero-order chi connectivity index (χ0) is 22.6. The minimum absolute atomic E-state index is 0.00371. The Morgan fingerprint density at radius 2 is 1.88 bits per heavy atom. The van der Waals surface area contributed by atoms with Gasteiger partial charge < -0.3 is 24.8 Å². The zero-order valence-corrected chi connectivity index (χ0v) is 17.4. The summed E-state index contributed by atoms with van der Waals surface area (Å²) < 4.78 is 46.3. The van der Waals surface area contributed by atoms with Crippen molar-refractivity contribution in [2.24, 2.45) is 10.7 Å². The Morgan fingerprint density at radius 1 is 1.03 bits per heavy atom. The molecule has 5 heterocycles. The minimum Gasteiger partial charge on any atom is -0.462 e. The van der Waals surface area contributed by atoms with Gasteiger partial charge in [-0.15, -0.1) is 0 Å². The molecule has 3 aromatic rings. The highest BCUT2D eigenvalue weighted by atomic mass is 19.1. The van der Waals surface area contributed by atoms with E-state index in [1.54, 1.807) is 36.4 Å². The van der Waals surface area contributed by atoms with Crippen molar-refractivity contribution >= 4 is 11.7 Å². The number of anilines is 1. The van der Waals surface area contributed by atoms with Gasteiger partial charge >= 0.3 is 0 Å². The average Bonchev–Trinajstić information content (AvgIpc) is 3.22. The molecular formula is C23H19F2N5O3. The van der Waals surface area contributed by atoms with Crippen LogP contribution in [-0.4, -0.2) is 48.9 Å². The molecule has 3 aliphatic heterocycles. The number of rotatable bonds is 2. The summed E-state index contributed by atoms with van der Waals surface area (Å²) in [5.41, 5.74) is 7.24. The van der Waals surface area contributed by atoms with Crippen molar-refractivity contribution in [1.82, 2.24) is 9.97 Å². The second kappa shape index (κ2) is 7.38. The largest absolute Gasteiger partial charge is 0.462 e. The SMILES string of the molecule is NC1=N[C@@]2(CO1)c1cc(-c3cccnc3F)ccc1Oc1nc(F)c(N3CCOCC3)cc12. The van der Waals surface area contributed by atoms with Gasteiger partial charge in [0, 0.05) is 30.4 Å². The predicted molar refractivity (Wildman–Crippen MR) is 115 cm³/mol. The number of morpholine rings is 1. The number of hydrogen-bond acceptors (Lipinski definition) is 8. The van der Waals surface area contributed by atoms with Gasteiger partial charge in [-0.3, -0.25) is 0 Å². The molecule has 0 amide bonds. The average molecular weight is 451 g/mol. The van der Waals surface area contributed by atoms with Gasteiger partial charge in [-0.25, -0.2) is 9.98 Å². The van der Waals surface area contributed by atoms with Crippen LogP contribution in [0.15, 0.2) is 47.6 Å². The van der Waals surface area contributed by atoms with E-state index < -0.39 is 17.4 Å². The van der Waals surface area contributed by atoms with E-state index in [-0.39, 0.29) is 18.5 Å². The van der Waals surface area contributed by atoms with E-state index >= 15 is 4.39 Å². The summed E-state index contributed by atoms with van der Waals surface area (Å²) in [5.74, 6) is -0.713. The van der Waals surface area contributed by atoms with Gasteiger partial charge in [-0.05, 0) is 35.9 Å². The monoisotopic (exact) mass is 451 g/mol. The topological polar surface area (TPSA) is 95.1 Å². The molecule has 1 aromatic carbocycles. The lowest BCUT2D eigenvalue weighted by Gasteiger charge is -2.35. The van der Waals surface area contributed by atoms with E-state index in [0.29, 0.717) is 60.0 Å². The van der Waals surface area contributed by atoms with Crippen LogP contribution in [0, 0.1) is 11.9 Å². The van der Waals surface area contributed by atoms with Gasteiger partial charge in [0.15, 0.2) is 5.54 Å². The van der Waals surface area contributed by atoms with Gasteiger partial charge in [0.2, 0.25) is 17.8 Å². The second-order valence-corrected chi connectivity index (χ2v) is 8.00. The highest BCUT2D eigenvalue weighted by Gasteiger charge is 2.48. The van der Waals surface area contributed by atoms with Gasteiger partial charge in [0.1, 0.15) is 12.4 Å². The number of benzene rings is 1. The van der Waals surface area contributed by atoms with Crippen LogP contribution in [-0.2, 0) is 15.0 Å². The van der Waals surface area contributed by atoms with Crippen LogP contribution in [0.3, 0.4) is 0 Å². The first kappa shape index (κ1) is 19.9. The van der Waals surface area contributed by atoms with Crippen molar-refractivity contribution in [2.75, 3.05) is 37.8 Å². The van der Waals surface area contributed by atoms with Crippen LogP contribution in [0.5, 0.6) is 11.6 Å². The first-order valence-corrected chi connectivity index (χ1v) is 10.5. The Balaban J connectivity index is 1.54. The summed E-state index contributed by atoms with van der Waals surface area (Å²) in [6.07, 6.45) is 1.39. The third kappa shape index (κ3) is 3.09. The molecule has 1 spiro atoms. The van der Waals surface area contributed by atoms with Crippen molar-refractivity contribution < 1.29 is 23.0 Å². The fraction of sp³-hybridized carbons (Fsp3) is 0.261. The number of aliphatic imine (C=N–C) groups is 1. The summed E-state index contributed by atoms with van der Waals surface area (Å²) >= 11 is 0. The van der Waals surface area contributed by atoms with Crippen LogP contribution in [0.4, 0.5) is 14.5 Å². The molecule has 6 rings (SSSR count). The van der Waals surface area contributed by atoms with Crippen molar-refractivity contribution in [3.05, 3.63) is 65.6 Å². The molecule has 0 bridgehead atoms. The highest BCUT2D eigenvalue weighted by molar-refractivity contribution is 5.78. The lowest BCUT2D eigenvalue weighted by Crippen LogP contribution is -2.38. The Labute approximate surface area is 187 Å². The predicted octanol–water partition coefficient (Wildman–Crippen LogP) is 2.95. The van der Waals surface area contributed by atoms with Crippen LogP contribution < -0.4 is 15.4 Å². The number of aromatic nitrogens is 2. The fourth-order valence-corrected chi connectivity index (χ4v) is 4.53. The standard InChI is InChI=1S/C23H19F2N5O3/c24-19-14(2-1-5-27-19)13-3-4-18-15(10-13)23(12-32-22(26)29-23)16-11-17(20(25)28-21(16)33-18)30-6-8-31-9-7-30/h1-5,10-11H,6-9,12H2,(H2,26,29)/t23-/m0/s1. The summed E-state index contributed by atoms with van der Waals surface area (Å²) in [5, 5.41) is 0. The highest BCUT2D eigenvalue weighted by Crippen LogP contribution is 2.52. The number of ether oxygens (including phenoxy) is 3. The van der Waals surface area contributed by atoms with E-state index in [4.69, 9.17) is 19.9 Å². The van der Waals surface area contributed by atoms with Gasteiger partial charge in [0.25, 0.3) is 6.02 Å². The Morgan fingerprint density at radius 3 is 2.64 bits per heavy atom. The lowest BCUT2D eigenvalue weighted by atomic mass is 9.81. The molecule has 0 aliphatic carbocycles. The third-order valence-electron chi connectivity index (χ3n) is 6.15. The molecule has 8 nitrogen and oxygen atoms in total. The van der Waals surface area contributed by atoms with Crippen molar-refractivity contribution in [1.29, 1.82) is 0 Å². The quantitative estimate of drug-likeness (QED) is 0.599. The number of nitrogens with two attached hydrogens (primary N) is 1. The molecule has 0 saturated carbocycles. The van der Waals surface area contributed by atoms with Crippen LogP contribution in [0.2, 0.25) is 0 Å². The number of fused-ring (bicyclic) bond motifs is 4. The number of hydrogen-bond donors (Lipinski definition) is 1. The van der Waals surface area contributed by atoms with E-state index in [2.05, 4.69) is 15.0 Å². The first-order valence-electron chi connectivity index (χ1n) is 10.5. The van der Waals surface area contributed by atoms with E-state index in [0.717, 1.165) is 0 Å². The maximum Gasteiger partial charge on any atom is 0.283 e. The number of halogens is 2. The fourth-order valence-electron chi connectivity index (χ4n) is 4.53. The summed E-state index contributed by atoms with van der Waals surface area (Å²) in [4.78, 5) is 14.3. The Hall–Kier alpha value is -3.79. The lowest BCUT2D eigenvalue weighted by molar-refractivity contribution is 0.122. The molecule has 2 aromatic heterocycles. The Kier molecular flexibility index (Phi) is 4.44. The smallest absolute Gasteiger partial charge is 0.283 e.